The molecule has 1 unspecified atom stereocenters. The minimum Gasteiger partial charge on any atom is -0.387 e. The van der Waals surface area contributed by atoms with Crippen LogP contribution in [-0.4, -0.2) is 18.7 Å². The van der Waals surface area contributed by atoms with Crippen molar-refractivity contribution in [3.8, 4) is 0 Å². The molecule has 100 valence electrons. The molecule has 0 heterocycles. The molecule has 0 aliphatic rings. The van der Waals surface area contributed by atoms with Crippen LogP contribution in [0.15, 0.2) is 48.5 Å². The molecule has 2 aromatic rings. The monoisotopic (exact) mass is 263 g/mol. The Morgan fingerprint density at radius 2 is 1.74 bits per heavy atom. The number of hydrogen-bond acceptors (Lipinski definition) is 2. The average Bonchev–Trinajstić information content (AvgIpc) is 2.42. The van der Waals surface area contributed by atoms with Crippen LogP contribution in [-0.2, 0) is 0 Å². The molecule has 2 rings (SSSR count). The van der Waals surface area contributed by atoms with E-state index in [-0.39, 0.29) is 0 Å². The van der Waals surface area contributed by atoms with E-state index in [1.807, 2.05) is 42.3 Å². The second-order valence-electron chi connectivity index (χ2n) is 4.41. The minimum absolute atomic E-state index is 0.301. The smallest absolute Gasteiger partial charge is 0.159 e. The maximum Gasteiger partial charge on any atom is 0.159 e. The molecule has 0 aromatic heterocycles. The van der Waals surface area contributed by atoms with E-state index in [9.17, 15) is 13.9 Å². The molecule has 4 heteroatoms. The van der Waals surface area contributed by atoms with E-state index < -0.39 is 17.7 Å². The van der Waals surface area contributed by atoms with Gasteiger partial charge in [-0.2, -0.15) is 0 Å². The van der Waals surface area contributed by atoms with E-state index in [2.05, 4.69) is 0 Å². The van der Waals surface area contributed by atoms with Crippen LogP contribution in [0.3, 0.4) is 0 Å². The van der Waals surface area contributed by atoms with Crippen molar-refractivity contribution in [1.82, 2.24) is 0 Å². The van der Waals surface area contributed by atoms with Gasteiger partial charge in [0.25, 0.3) is 0 Å². The lowest BCUT2D eigenvalue weighted by Crippen LogP contribution is -2.24. The molecule has 2 aromatic carbocycles. The molecular weight excluding hydrogens is 248 g/mol. The van der Waals surface area contributed by atoms with Gasteiger partial charge in [-0.05, 0) is 29.8 Å². The van der Waals surface area contributed by atoms with Gasteiger partial charge >= 0.3 is 0 Å². The van der Waals surface area contributed by atoms with Crippen LogP contribution < -0.4 is 4.90 Å². The number of likely N-dealkylation sites (N-methyl/N-ethyl adjacent to an activating group) is 1. The highest BCUT2D eigenvalue weighted by Crippen LogP contribution is 2.20. The fourth-order valence-corrected chi connectivity index (χ4v) is 1.87. The van der Waals surface area contributed by atoms with Gasteiger partial charge in [-0.3, -0.25) is 0 Å². The Hall–Kier alpha value is -1.94. The van der Waals surface area contributed by atoms with Crippen LogP contribution in [0.1, 0.15) is 11.7 Å². The number of benzene rings is 2. The van der Waals surface area contributed by atoms with Crippen LogP contribution >= 0.6 is 0 Å². The Bertz CT molecular complexity index is 545. The molecule has 1 N–H and O–H groups in total. The topological polar surface area (TPSA) is 23.5 Å². The number of halogens is 2. The van der Waals surface area contributed by atoms with Crippen LogP contribution in [0.25, 0.3) is 0 Å². The Morgan fingerprint density at radius 1 is 1.05 bits per heavy atom. The Kier molecular flexibility index (Phi) is 4.12. The average molecular weight is 263 g/mol. The van der Waals surface area contributed by atoms with Crippen LogP contribution in [0.5, 0.6) is 0 Å². The van der Waals surface area contributed by atoms with Crippen LogP contribution in [0.2, 0.25) is 0 Å². The number of anilines is 1. The summed E-state index contributed by atoms with van der Waals surface area (Å²) < 4.78 is 25.9. The Morgan fingerprint density at radius 3 is 2.37 bits per heavy atom. The van der Waals surface area contributed by atoms with Crippen molar-refractivity contribution in [2.75, 3.05) is 18.5 Å². The first kappa shape index (κ1) is 13.5. The summed E-state index contributed by atoms with van der Waals surface area (Å²) in [6.45, 7) is 0.301. The molecule has 0 bridgehead atoms. The van der Waals surface area contributed by atoms with Crippen molar-refractivity contribution in [2.24, 2.45) is 0 Å². The molecule has 0 saturated heterocycles. The van der Waals surface area contributed by atoms with Gasteiger partial charge in [-0.1, -0.05) is 24.3 Å². The summed E-state index contributed by atoms with van der Waals surface area (Å²) in [6.07, 6.45) is -0.875. The number of nitrogens with zero attached hydrogens (tertiary/aromatic N) is 1. The lowest BCUT2D eigenvalue weighted by molar-refractivity contribution is 0.184. The molecule has 0 saturated carbocycles. The van der Waals surface area contributed by atoms with Gasteiger partial charge < -0.3 is 10.0 Å². The SMILES string of the molecule is CN(CC(O)c1ccc(F)c(F)c1)c1ccccc1. The number of rotatable bonds is 4. The number of hydrogen-bond donors (Lipinski definition) is 1. The van der Waals surface area contributed by atoms with Crippen molar-refractivity contribution >= 4 is 5.69 Å². The first-order valence-corrected chi connectivity index (χ1v) is 5.97. The van der Waals surface area contributed by atoms with Crippen molar-refractivity contribution in [2.45, 2.75) is 6.10 Å². The second kappa shape index (κ2) is 5.80. The van der Waals surface area contributed by atoms with Gasteiger partial charge in [0.05, 0.1) is 6.10 Å². The first-order chi connectivity index (χ1) is 9.08. The fourth-order valence-electron chi connectivity index (χ4n) is 1.87. The molecule has 0 fully saturated rings. The number of para-hydroxylation sites is 1. The molecule has 0 radical (unpaired) electrons. The maximum absolute atomic E-state index is 13.1. The van der Waals surface area contributed by atoms with Gasteiger partial charge in [0.1, 0.15) is 0 Å². The normalized spacial score (nSPS) is 12.2. The largest absolute Gasteiger partial charge is 0.387 e. The van der Waals surface area contributed by atoms with Gasteiger partial charge in [0.15, 0.2) is 11.6 Å². The number of aliphatic hydroxyl groups excluding tert-OH is 1. The van der Waals surface area contributed by atoms with E-state index in [1.54, 1.807) is 0 Å². The van der Waals surface area contributed by atoms with Gasteiger partial charge in [-0.25, -0.2) is 8.78 Å². The van der Waals surface area contributed by atoms with Crippen molar-refractivity contribution in [3.63, 3.8) is 0 Å². The molecule has 2 nitrogen and oxygen atoms in total. The van der Waals surface area contributed by atoms with E-state index in [4.69, 9.17) is 0 Å². The summed E-state index contributed by atoms with van der Waals surface area (Å²) in [4.78, 5) is 1.85. The lowest BCUT2D eigenvalue weighted by Gasteiger charge is -2.23. The molecule has 0 aliphatic carbocycles. The number of aliphatic hydroxyl groups is 1. The summed E-state index contributed by atoms with van der Waals surface area (Å²) in [5, 5.41) is 10.0. The Balaban J connectivity index is 2.08. The summed E-state index contributed by atoms with van der Waals surface area (Å²) in [6, 6.07) is 13.0. The van der Waals surface area contributed by atoms with Crippen LogP contribution in [0, 0.1) is 11.6 Å². The third-order valence-electron chi connectivity index (χ3n) is 2.97. The highest BCUT2D eigenvalue weighted by molar-refractivity contribution is 5.45. The molecule has 1 atom stereocenters. The van der Waals surface area contributed by atoms with Crippen molar-refractivity contribution < 1.29 is 13.9 Å². The van der Waals surface area contributed by atoms with E-state index >= 15 is 0 Å². The molecular formula is C15H15F2NO. The Labute approximate surface area is 110 Å². The van der Waals surface area contributed by atoms with E-state index in [0.717, 1.165) is 17.8 Å². The van der Waals surface area contributed by atoms with Gasteiger partial charge in [0.2, 0.25) is 0 Å². The zero-order valence-electron chi connectivity index (χ0n) is 10.6. The summed E-state index contributed by atoms with van der Waals surface area (Å²) in [5.41, 5.74) is 1.31. The van der Waals surface area contributed by atoms with E-state index in [0.29, 0.717) is 12.1 Å². The van der Waals surface area contributed by atoms with Gasteiger partial charge in [0, 0.05) is 19.3 Å². The second-order valence-corrected chi connectivity index (χ2v) is 4.41. The highest BCUT2D eigenvalue weighted by Gasteiger charge is 2.13. The third-order valence-corrected chi connectivity index (χ3v) is 2.97. The first-order valence-electron chi connectivity index (χ1n) is 5.97. The summed E-state index contributed by atoms with van der Waals surface area (Å²) in [7, 11) is 1.83. The molecule has 0 amide bonds. The molecule has 19 heavy (non-hydrogen) atoms. The fraction of sp³-hybridized carbons (Fsp3) is 0.200. The van der Waals surface area contributed by atoms with Crippen molar-refractivity contribution in [3.05, 3.63) is 65.7 Å². The van der Waals surface area contributed by atoms with Gasteiger partial charge in [-0.15, -0.1) is 0 Å². The molecule has 0 spiro atoms. The summed E-state index contributed by atoms with van der Waals surface area (Å²) >= 11 is 0. The van der Waals surface area contributed by atoms with E-state index in [1.165, 1.54) is 6.07 Å². The highest BCUT2D eigenvalue weighted by atomic mass is 19.2. The molecule has 0 aliphatic heterocycles. The third kappa shape index (κ3) is 3.29. The summed E-state index contributed by atoms with van der Waals surface area (Å²) in [5.74, 6) is -1.86. The predicted octanol–water partition coefficient (Wildman–Crippen LogP) is 3.13. The minimum atomic E-state index is -0.945. The van der Waals surface area contributed by atoms with Crippen molar-refractivity contribution in [1.29, 1.82) is 0 Å². The zero-order chi connectivity index (χ0) is 13.8. The van der Waals surface area contributed by atoms with Crippen LogP contribution in [0.4, 0.5) is 14.5 Å². The quantitative estimate of drug-likeness (QED) is 0.916. The lowest BCUT2D eigenvalue weighted by atomic mass is 10.1. The predicted molar refractivity (Wildman–Crippen MR) is 71.0 cm³/mol. The zero-order valence-corrected chi connectivity index (χ0v) is 10.6. The maximum atomic E-state index is 13.1. The standard InChI is InChI=1S/C15H15F2NO/c1-18(12-5-3-2-4-6-12)10-15(19)11-7-8-13(16)14(17)9-11/h2-9,15,19H,10H2,1H3.